The second-order valence-electron chi connectivity index (χ2n) is 9.75. The van der Waals surface area contributed by atoms with E-state index in [0.717, 1.165) is 5.56 Å². The van der Waals surface area contributed by atoms with Gasteiger partial charge in [-0.2, -0.15) is 4.31 Å². The number of hydrogen-bond donors (Lipinski definition) is 1. The molecule has 1 heterocycles. The Labute approximate surface area is 215 Å². The van der Waals surface area contributed by atoms with Crippen LogP contribution in [0.1, 0.15) is 39.9 Å². The lowest BCUT2D eigenvalue weighted by Crippen LogP contribution is -2.62. The number of aromatic hydroxyl groups is 1. The van der Waals surface area contributed by atoms with Crippen molar-refractivity contribution in [3.8, 4) is 11.5 Å². The van der Waals surface area contributed by atoms with E-state index in [4.69, 9.17) is 14.2 Å². The molecule has 0 amide bonds. The predicted octanol–water partition coefficient (Wildman–Crippen LogP) is 2.87. The van der Waals surface area contributed by atoms with Crippen LogP contribution in [0.15, 0.2) is 47.1 Å². The van der Waals surface area contributed by atoms with Crippen molar-refractivity contribution in [1.29, 1.82) is 0 Å². The van der Waals surface area contributed by atoms with Crippen LogP contribution in [0.3, 0.4) is 0 Å². The van der Waals surface area contributed by atoms with Gasteiger partial charge in [0.25, 0.3) is 0 Å². The summed E-state index contributed by atoms with van der Waals surface area (Å²) in [5.41, 5.74) is 0.990. The largest absolute Gasteiger partial charge is 0.504 e. The maximum absolute atomic E-state index is 14.2. The number of carbonyl (C=O) groups is 2. The van der Waals surface area contributed by atoms with Crippen LogP contribution in [-0.4, -0.2) is 63.5 Å². The Morgan fingerprint density at radius 2 is 1.89 bits per heavy atom. The van der Waals surface area contributed by atoms with Crippen LogP contribution in [0.4, 0.5) is 0 Å². The van der Waals surface area contributed by atoms with Gasteiger partial charge in [0.1, 0.15) is 0 Å². The number of benzene rings is 2. The third kappa shape index (κ3) is 3.57. The lowest BCUT2D eigenvalue weighted by Gasteiger charge is -2.56. The molecule has 1 fully saturated rings. The standard InChI is InChI=1S/C27H29NO8S/c1-15-6-5-7-17(26(31)36-4)25(15)37(32,33)28-11-10-27-14-20(29)22(35-3)13-18(27)19(28)12-16-8-9-21(34-2)24(30)23(16)27/h5-9,13,18-19,30H,10-12,14H2,1-4H3/t18-,19-,27+/m1/s1. The first-order chi connectivity index (χ1) is 17.6. The zero-order valence-electron chi connectivity index (χ0n) is 21.1. The summed E-state index contributed by atoms with van der Waals surface area (Å²) >= 11 is 0. The van der Waals surface area contributed by atoms with Crippen molar-refractivity contribution < 1.29 is 37.3 Å². The molecule has 196 valence electrons. The summed E-state index contributed by atoms with van der Waals surface area (Å²) in [6.45, 7) is 1.76. The molecule has 1 aliphatic heterocycles. The molecule has 2 bridgehead atoms. The number of hydrogen-bond acceptors (Lipinski definition) is 8. The fraction of sp³-hybridized carbons (Fsp3) is 0.407. The molecule has 1 N–H and O–H groups in total. The highest BCUT2D eigenvalue weighted by atomic mass is 32.2. The van der Waals surface area contributed by atoms with Gasteiger partial charge < -0.3 is 19.3 Å². The van der Waals surface area contributed by atoms with Gasteiger partial charge in [-0.15, -0.1) is 0 Å². The minimum absolute atomic E-state index is 0.0197. The second-order valence-corrected chi connectivity index (χ2v) is 11.6. The number of piperidine rings is 1. The molecule has 0 radical (unpaired) electrons. The van der Waals surface area contributed by atoms with Crippen LogP contribution in [0.5, 0.6) is 11.5 Å². The highest BCUT2D eigenvalue weighted by Crippen LogP contribution is 2.58. The fourth-order valence-electron chi connectivity index (χ4n) is 6.50. The summed E-state index contributed by atoms with van der Waals surface area (Å²) in [6, 6.07) is 7.62. The number of fused-ring (bicyclic) bond motifs is 1. The van der Waals surface area contributed by atoms with Gasteiger partial charge in [-0.05, 0) is 49.1 Å². The number of phenolic OH excluding ortho intramolecular Hbond substituents is 1. The van der Waals surface area contributed by atoms with E-state index in [1.807, 2.05) is 6.07 Å². The molecule has 10 heteroatoms. The van der Waals surface area contributed by atoms with Gasteiger partial charge >= 0.3 is 5.97 Å². The number of esters is 1. The van der Waals surface area contributed by atoms with Crippen LogP contribution in [0.2, 0.25) is 0 Å². The molecule has 2 aliphatic carbocycles. The average molecular weight is 528 g/mol. The molecule has 2 aromatic rings. The van der Waals surface area contributed by atoms with Crippen LogP contribution < -0.4 is 4.74 Å². The second kappa shape index (κ2) is 8.88. The number of methoxy groups -OCH3 is 3. The number of sulfonamides is 1. The molecular weight excluding hydrogens is 498 g/mol. The summed E-state index contributed by atoms with van der Waals surface area (Å²) in [6.07, 6.45) is 2.38. The van der Waals surface area contributed by atoms with E-state index < -0.39 is 33.4 Å². The fourth-order valence-corrected chi connectivity index (χ4v) is 8.53. The van der Waals surface area contributed by atoms with Crippen molar-refractivity contribution >= 4 is 21.8 Å². The zero-order valence-corrected chi connectivity index (χ0v) is 21.9. The third-order valence-electron chi connectivity index (χ3n) is 8.06. The van der Waals surface area contributed by atoms with Crippen molar-refractivity contribution in [2.24, 2.45) is 5.92 Å². The number of allylic oxidation sites excluding steroid dienone is 1. The smallest absolute Gasteiger partial charge is 0.339 e. The number of aryl methyl sites for hydroxylation is 1. The van der Waals surface area contributed by atoms with E-state index >= 15 is 0 Å². The molecule has 0 aromatic heterocycles. The van der Waals surface area contributed by atoms with Gasteiger partial charge in [0.05, 0.1) is 31.8 Å². The van der Waals surface area contributed by atoms with Crippen LogP contribution in [0.25, 0.3) is 0 Å². The molecule has 0 unspecified atom stereocenters. The van der Waals surface area contributed by atoms with E-state index in [-0.39, 0.29) is 40.7 Å². The number of carbonyl (C=O) groups excluding carboxylic acids is 2. The predicted molar refractivity (Wildman–Crippen MR) is 133 cm³/mol. The maximum atomic E-state index is 14.2. The molecule has 3 aliphatic rings. The molecule has 1 saturated heterocycles. The monoisotopic (exact) mass is 527 g/mol. The number of nitrogens with zero attached hydrogens (tertiary/aromatic N) is 1. The van der Waals surface area contributed by atoms with Crippen molar-refractivity contribution in [1.82, 2.24) is 4.31 Å². The molecule has 0 spiro atoms. The van der Waals surface area contributed by atoms with E-state index in [9.17, 15) is 23.1 Å². The Morgan fingerprint density at radius 3 is 2.57 bits per heavy atom. The first-order valence-electron chi connectivity index (χ1n) is 12.0. The average Bonchev–Trinajstić information content (AvgIpc) is 2.86. The first kappa shape index (κ1) is 25.3. The van der Waals surface area contributed by atoms with Gasteiger partial charge in [0.15, 0.2) is 23.0 Å². The number of ketones is 1. The van der Waals surface area contributed by atoms with Gasteiger partial charge in [-0.1, -0.05) is 18.2 Å². The minimum atomic E-state index is -4.16. The van der Waals surface area contributed by atoms with E-state index in [1.165, 1.54) is 31.7 Å². The van der Waals surface area contributed by atoms with Gasteiger partial charge in [-0.3, -0.25) is 4.79 Å². The summed E-state index contributed by atoms with van der Waals surface area (Å²) in [7, 11) is -0.0609. The van der Waals surface area contributed by atoms with Crippen LogP contribution in [0, 0.1) is 12.8 Å². The molecule has 3 atom stereocenters. The Kier molecular flexibility index (Phi) is 6.07. The summed E-state index contributed by atoms with van der Waals surface area (Å²) in [5, 5.41) is 11.2. The highest BCUT2D eigenvalue weighted by molar-refractivity contribution is 7.89. The van der Waals surface area contributed by atoms with Crippen molar-refractivity contribution in [2.75, 3.05) is 27.9 Å². The number of ether oxygens (including phenoxy) is 3. The lowest BCUT2D eigenvalue weighted by molar-refractivity contribution is -0.122. The molecule has 2 aromatic carbocycles. The Morgan fingerprint density at radius 1 is 1.14 bits per heavy atom. The molecule has 0 saturated carbocycles. The Hall–Kier alpha value is -3.37. The van der Waals surface area contributed by atoms with Crippen molar-refractivity contribution in [3.63, 3.8) is 0 Å². The quantitative estimate of drug-likeness (QED) is 0.590. The Bertz CT molecular complexity index is 1450. The van der Waals surface area contributed by atoms with Crippen LogP contribution >= 0.6 is 0 Å². The highest BCUT2D eigenvalue weighted by Gasteiger charge is 2.59. The van der Waals surface area contributed by atoms with Gasteiger partial charge in [0.2, 0.25) is 10.0 Å². The van der Waals surface area contributed by atoms with Crippen LogP contribution in [-0.2, 0) is 36.1 Å². The van der Waals surface area contributed by atoms with Gasteiger partial charge in [-0.25, -0.2) is 13.2 Å². The normalized spacial score (nSPS) is 25.0. The molecule has 37 heavy (non-hydrogen) atoms. The van der Waals surface area contributed by atoms with E-state index in [2.05, 4.69) is 0 Å². The SMILES string of the molecule is COC(=O)c1cccc(C)c1S(=O)(=O)N1CC[C@]23CC(=O)C(OC)=C[C@@H]2[C@H]1Cc1ccc(OC)c(O)c13. The van der Waals surface area contributed by atoms with Crippen molar-refractivity contribution in [2.45, 2.75) is 42.5 Å². The number of phenols is 1. The summed E-state index contributed by atoms with van der Waals surface area (Å²) in [5.74, 6) is -0.910. The molecule has 5 rings (SSSR count). The zero-order chi connectivity index (χ0) is 26.7. The lowest BCUT2D eigenvalue weighted by atomic mass is 9.54. The summed E-state index contributed by atoms with van der Waals surface area (Å²) in [4.78, 5) is 25.5. The topological polar surface area (TPSA) is 119 Å². The van der Waals surface area contributed by atoms with Gasteiger partial charge in [0, 0.05) is 35.9 Å². The number of Topliss-reactive ketones (excluding diaryl/α,β-unsaturated/α-hetero) is 1. The third-order valence-corrected chi connectivity index (χ3v) is 10.2. The molecule has 9 nitrogen and oxygen atoms in total. The minimum Gasteiger partial charge on any atom is -0.504 e. The van der Waals surface area contributed by atoms with E-state index in [1.54, 1.807) is 31.2 Å². The van der Waals surface area contributed by atoms with Crippen molar-refractivity contribution in [3.05, 3.63) is 64.4 Å². The molecular formula is C27H29NO8S. The maximum Gasteiger partial charge on any atom is 0.339 e. The number of rotatable bonds is 5. The Balaban J connectivity index is 1.72. The summed E-state index contributed by atoms with van der Waals surface area (Å²) < 4.78 is 45.5. The first-order valence-corrected chi connectivity index (χ1v) is 13.4. The van der Waals surface area contributed by atoms with E-state index in [0.29, 0.717) is 29.7 Å².